The predicted octanol–water partition coefficient (Wildman–Crippen LogP) is 2.36. The first-order chi connectivity index (χ1) is 8.70. The van der Waals surface area contributed by atoms with Crippen LogP contribution in [0.1, 0.15) is 24.8 Å². The maximum Gasteiger partial charge on any atom is 0.122 e. The largest absolute Gasteiger partial charge is 0.496 e. The maximum atomic E-state index is 6.03. The van der Waals surface area contributed by atoms with Crippen LogP contribution < -0.4 is 15.8 Å². The van der Waals surface area contributed by atoms with E-state index in [1.165, 1.54) is 12.8 Å². The lowest BCUT2D eigenvalue weighted by Gasteiger charge is -2.17. The SMILES string of the molecule is COc1ccc(Cl)cc1CCNC1CCCC1N. The highest BCUT2D eigenvalue weighted by Gasteiger charge is 2.22. The van der Waals surface area contributed by atoms with Crippen molar-refractivity contribution in [3.63, 3.8) is 0 Å². The van der Waals surface area contributed by atoms with Crippen molar-refractivity contribution in [3.05, 3.63) is 28.8 Å². The van der Waals surface area contributed by atoms with Crippen LogP contribution in [0.25, 0.3) is 0 Å². The highest BCUT2D eigenvalue weighted by molar-refractivity contribution is 6.30. The van der Waals surface area contributed by atoms with E-state index in [1.54, 1.807) is 7.11 Å². The Bertz CT molecular complexity index is 397. The van der Waals surface area contributed by atoms with Crippen LogP contribution in [0, 0.1) is 0 Å². The van der Waals surface area contributed by atoms with Crippen LogP contribution in [0.3, 0.4) is 0 Å². The molecule has 2 rings (SSSR count). The Labute approximate surface area is 114 Å². The normalized spacial score (nSPS) is 23.3. The zero-order chi connectivity index (χ0) is 13.0. The first-order valence-corrected chi connectivity index (χ1v) is 6.90. The lowest BCUT2D eigenvalue weighted by atomic mass is 10.1. The molecule has 100 valence electrons. The van der Waals surface area contributed by atoms with Crippen molar-refractivity contribution in [2.75, 3.05) is 13.7 Å². The molecule has 0 spiro atoms. The van der Waals surface area contributed by atoms with E-state index in [1.807, 2.05) is 18.2 Å². The van der Waals surface area contributed by atoms with Gasteiger partial charge < -0.3 is 15.8 Å². The first kappa shape index (κ1) is 13.7. The molecule has 0 amide bonds. The molecule has 1 aromatic rings. The molecule has 0 bridgehead atoms. The molecular weight excluding hydrogens is 248 g/mol. The van der Waals surface area contributed by atoms with Gasteiger partial charge in [0.25, 0.3) is 0 Å². The van der Waals surface area contributed by atoms with Gasteiger partial charge in [-0.05, 0) is 49.6 Å². The standard InChI is InChI=1S/C14H21ClN2O/c1-18-14-6-5-11(15)9-10(14)7-8-17-13-4-2-3-12(13)16/h5-6,9,12-13,17H,2-4,7-8,16H2,1H3. The third-order valence-electron chi connectivity index (χ3n) is 3.61. The second kappa shape index (κ2) is 6.41. The molecule has 1 saturated carbocycles. The highest BCUT2D eigenvalue weighted by atomic mass is 35.5. The van der Waals surface area contributed by atoms with Gasteiger partial charge in [0.05, 0.1) is 7.11 Å². The Morgan fingerprint density at radius 1 is 1.44 bits per heavy atom. The summed E-state index contributed by atoms with van der Waals surface area (Å²) >= 11 is 6.01. The number of hydrogen-bond donors (Lipinski definition) is 2. The quantitative estimate of drug-likeness (QED) is 0.862. The van der Waals surface area contributed by atoms with Gasteiger partial charge >= 0.3 is 0 Å². The maximum absolute atomic E-state index is 6.03. The summed E-state index contributed by atoms with van der Waals surface area (Å²) in [6.45, 7) is 0.912. The number of nitrogens with two attached hydrogens (primary N) is 1. The Hall–Kier alpha value is -0.770. The number of methoxy groups -OCH3 is 1. The van der Waals surface area contributed by atoms with Crippen LogP contribution in [0.4, 0.5) is 0 Å². The van der Waals surface area contributed by atoms with Crippen molar-refractivity contribution in [2.45, 2.75) is 37.8 Å². The summed E-state index contributed by atoms with van der Waals surface area (Å²) in [5.74, 6) is 0.900. The van der Waals surface area contributed by atoms with Gasteiger partial charge in [-0.2, -0.15) is 0 Å². The van der Waals surface area contributed by atoms with Gasteiger partial charge in [-0.3, -0.25) is 0 Å². The molecule has 3 N–H and O–H groups in total. The van der Waals surface area contributed by atoms with Gasteiger partial charge in [0.1, 0.15) is 5.75 Å². The molecule has 1 fully saturated rings. The molecule has 0 heterocycles. The Kier molecular flexibility index (Phi) is 4.87. The number of benzene rings is 1. The third kappa shape index (κ3) is 3.37. The average Bonchev–Trinajstić information content (AvgIpc) is 2.76. The summed E-state index contributed by atoms with van der Waals surface area (Å²) in [7, 11) is 1.69. The monoisotopic (exact) mass is 268 g/mol. The van der Waals surface area contributed by atoms with Gasteiger partial charge in [-0.1, -0.05) is 18.0 Å². The topological polar surface area (TPSA) is 47.3 Å². The Morgan fingerprint density at radius 3 is 2.94 bits per heavy atom. The summed E-state index contributed by atoms with van der Waals surface area (Å²) in [6.07, 6.45) is 4.47. The minimum absolute atomic E-state index is 0.311. The third-order valence-corrected chi connectivity index (χ3v) is 3.85. The minimum Gasteiger partial charge on any atom is -0.496 e. The molecule has 2 atom stereocenters. The van der Waals surface area contributed by atoms with Gasteiger partial charge in [0.15, 0.2) is 0 Å². The molecule has 0 aromatic heterocycles. The molecule has 1 aliphatic rings. The molecule has 0 radical (unpaired) electrons. The number of hydrogen-bond acceptors (Lipinski definition) is 3. The van der Waals surface area contributed by atoms with Gasteiger partial charge in [0, 0.05) is 17.1 Å². The van der Waals surface area contributed by atoms with Gasteiger partial charge in [0.2, 0.25) is 0 Å². The van der Waals surface area contributed by atoms with Crippen LogP contribution in [0.5, 0.6) is 5.75 Å². The zero-order valence-corrected chi connectivity index (χ0v) is 11.5. The smallest absolute Gasteiger partial charge is 0.122 e. The van der Waals surface area contributed by atoms with Crippen LogP contribution in [-0.2, 0) is 6.42 Å². The van der Waals surface area contributed by atoms with E-state index < -0.39 is 0 Å². The van der Waals surface area contributed by atoms with Crippen LogP contribution in [0.2, 0.25) is 5.02 Å². The molecule has 4 heteroatoms. The van der Waals surface area contributed by atoms with E-state index in [4.69, 9.17) is 22.1 Å². The highest BCUT2D eigenvalue weighted by Crippen LogP contribution is 2.23. The molecule has 0 aliphatic heterocycles. The van der Waals surface area contributed by atoms with Crippen molar-refractivity contribution in [2.24, 2.45) is 5.73 Å². The second-order valence-electron chi connectivity index (χ2n) is 4.86. The molecular formula is C14H21ClN2O. The van der Waals surface area contributed by atoms with Crippen molar-refractivity contribution >= 4 is 11.6 Å². The van der Waals surface area contributed by atoms with E-state index in [0.29, 0.717) is 12.1 Å². The van der Waals surface area contributed by atoms with Crippen molar-refractivity contribution in [3.8, 4) is 5.75 Å². The van der Waals surface area contributed by atoms with Crippen LogP contribution in [-0.4, -0.2) is 25.7 Å². The molecule has 2 unspecified atom stereocenters. The minimum atomic E-state index is 0.311. The number of ether oxygens (including phenoxy) is 1. The van der Waals surface area contributed by atoms with Gasteiger partial charge in [-0.25, -0.2) is 0 Å². The number of rotatable bonds is 5. The molecule has 0 saturated heterocycles. The van der Waals surface area contributed by atoms with E-state index in [-0.39, 0.29) is 0 Å². The zero-order valence-electron chi connectivity index (χ0n) is 10.8. The van der Waals surface area contributed by atoms with Crippen LogP contribution >= 0.6 is 11.6 Å². The average molecular weight is 269 g/mol. The molecule has 1 aliphatic carbocycles. The van der Waals surface area contributed by atoms with Crippen molar-refractivity contribution < 1.29 is 4.74 Å². The fourth-order valence-corrected chi connectivity index (χ4v) is 2.77. The van der Waals surface area contributed by atoms with E-state index in [2.05, 4.69) is 5.32 Å². The lowest BCUT2D eigenvalue weighted by molar-refractivity contribution is 0.407. The van der Waals surface area contributed by atoms with E-state index in [0.717, 1.165) is 35.7 Å². The van der Waals surface area contributed by atoms with E-state index in [9.17, 15) is 0 Å². The van der Waals surface area contributed by atoms with E-state index >= 15 is 0 Å². The predicted molar refractivity (Wildman–Crippen MR) is 75.3 cm³/mol. The fourth-order valence-electron chi connectivity index (χ4n) is 2.58. The van der Waals surface area contributed by atoms with Crippen molar-refractivity contribution in [1.29, 1.82) is 0 Å². The fraction of sp³-hybridized carbons (Fsp3) is 0.571. The summed E-state index contributed by atoms with van der Waals surface area (Å²) < 4.78 is 5.33. The Morgan fingerprint density at radius 2 is 2.28 bits per heavy atom. The Balaban J connectivity index is 1.87. The first-order valence-electron chi connectivity index (χ1n) is 6.52. The molecule has 1 aromatic carbocycles. The number of halogens is 1. The van der Waals surface area contributed by atoms with Crippen LogP contribution in [0.15, 0.2) is 18.2 Å². The van der Waals surface area contributed by atoms with Gasteiger partial charge in [-0.15, -0.1) is 0 Å². The summed E-state index contributed by atoms with van der Waals surface area (Å²) in [5.41, 5.74) is 7.17. The summed E-state index contributed by atoms with van der Waals surface area (Å²) in [6, 6.07) is 6.52. The summed E-state index contributed by atoms with van der Waals surface area (Å²) in [4.78, 5) is 0. The molecule has 3 nitrogen and oxygen atoms in total. The number of nitrogens with one attached hydrogen (secondary N) is 1. The second-order valence-corrected chi connectivity index (χ2v) is 5.30. The van der Waals surface area contributed by atoms with Crippen molar-refractivity contribution in [1.82, 2.24) is 5.32 Å². The molecule has 18 heavy (non-hydrogen) atoms. The summed E-state index contributed by atoms with van der Waals surface area (Å²) in [5, 5.41) is 4.28. The lowest BCUT2D eigenvalue weighted by Crippen LogP contribution is -2.41.